The largest absolute Gasteiger partial charge is 0.379 e. The monoisotopic (exact) mass is 346 g/mol. The summed E-state index contributed by atoms with van der Waals surface area (Å²) in [5, 5.41) is 0. The van der Waals surface area contributed by atoms with Crippen molar-refractivity contribution in [1.29, 1.82) is 0 Å². The van der Waals surface area contributed by atoms with Gasteiger partial charge in [-0.1, -0.05) is 25.5 Å². The van der Waals surface area contributed by atoms with Gasteiger partial charge in [0.1, 0.15) is 5.82 Å². The Morgan fingerprint density at radius 1 is 1.20 bits per heavy atom. The van der Waals surface area contributed by atoms with Crippen LogP contribution < -0.4 is 0 Å². The van der Waals surface area contributed by atoms with Crippen molar-refractivity contribution in [3.05, 3.63) is 35.6 Å². The molecular weight excluding hydrogens is 319 g/mol. The quantitative estimate of drug-likeness (QED) is 0.840. The maximum atomic E-state index is 13.1. The minimum absolute atomic E-state index is 0.0893. The first-order chi connectivity index (χ1) is 12.2. The van der Waals surface area contributed by atoms with Crippen molar-refractivity contribution in [3.8, 4) is 0 Å². The molecule has 0 radical (unpaired) electrons. The van der Waals surface area contributed by atoms with Gasteiger partial charge in [-0.05, 0) is 36.0 Å². The number of morpholine rings is 1. The highest BCUT2D eigenvalue weighted by molar-refractivity contribution is 5.83. The molecule has 3 fully saturated rings. The van der Waals surface area contributed by atoms with Gasteiger partial charge in [0.05, 0.1) is 13.2 Å². The fourth-order valence-electron chi connectivity index (χ4n) is 4.54. The van der Waals surface area contributed by atoms with Crippen LogP contribution in [0.15, 0.2) is 24.3 Å². The zero-order valence-corrected chi connectivity index (χ0v) is 14.9. The standard InChI is InChI=1S/C20H27FN2O2/c1-2-14-12-23(13-19(14)22-7-9-25-10-8-22)20(24)18-11-17(18)15-3-5-16(21)6-4-15/h3-6,14,17-19H,2,7-13H2,1H3/t14-,17-,18-,19-/m1/s1. The highest BCUT2D eigenvalue weighted by Gasteiger charge is 2.48. The van der Waals surface area contributed by atoms with Crippen molar-refractivity contribution < 1.29 is 13.9 Å². The number of hydrogen-bond acceptors (Lipinski definition) is 3. The number of hydrogen-bond donors (Lipinski definition) is 0. The van der Waals surface area contributed by atoms with Crippen LogP contribution in [0.25, 0.3) is 0 Å². The molecule has 4 rings (SSSR count). The molecule has 2 saturated heterocycles. The van der Waals surface area contributed by atoms with Gasteiger partial charge in [0.25, 0.3) is 0 Å². The number of amides is 1. The van der Waals surface area contributed by atoms with Crippen LogP contribution in [0.3, 0.4) is 0 Å². The summed E-state index contributed by atoms with van der Waals surface area (Å²) in [5.74, 6) is 1.00. The number of halogens is 1. The lowest BCUT2D eigenvalue weighted by Gasteiger charge is -2.34. The van der Waals surface area contributed by atoms with Gasteiger partial charge in [0.2, 0.25) is 5.91 Å². The average molecular weight is 346 g/mol. The van der Waals surface area contributed by atoms with Gasteiger partial charge in [-0.3, -0.25) is 9.69 Å². The summed E-state index contributed by atoms with van der Waals surface area (Å²) in [6.45, 7) is 7.51. The second kappa shape index (κ2) is 7.04. The number of benzene rings is 1. The van der Waals surface area contributed by atoms with Crippen LogP contribution in [-0.4, -0.2) is 61.1 Å². The molecule has 1 aromatic carbocycles. The van der Waals surface area contributed by atoms with Crippen molar-refractivity contribution >= 4 is 5.91 Å². The highest BCUT2D eigenvalue weighted by Crippen LogP contribution is 2.49. The highest BCUT2D eigenvalue weighted by atomic mass is 19.1. The molecule has 1 aliphatic carbocycles. The van der Waals surface area contributed by atoms with E-state index in [-0.39, 0.29) is 17.7 Å². The SMILES string of the molecule is CC[C@@H]1CN(C(=O)[C@@H]2C[C@@H]2c2ccc(F)cc2)C[C@H]1N1CCOCC1. The van der Waals surface area contributed by atoms with Crippen LogP contribution in [-0.2, 0) is 9.53 Å². The van der Waals surface area contributed by atoms with E-state index < -0.39 is 0 Å². The maximum absolute atomic E-state index is 13.1. The van der Waals surface area contributed by atoms with E-state index in [0.717, 1.165) is 57.8 Å². The third-order valence-electron chi connectivity index (χ3n) is 6.16. The van der Waals surface area contributed by atoms with Crippen molar-refractivity contribution in [2.75, 3.05) is 39.4 Å². The van der Waals surface area contributed by atoms with E-state index in [1.165, 1.54) is 12.1 Å². The first kappa shape index (κ1) is 17.0. The molecule has 136 valence electrons. The Morgan fingerprint density at radius 2 is 1.92 bits per heavy atom. The Hall–Kier alpha value is -1.46. The van der Waals surface area contributed by atoms with Gasteiger partial charge >= 0.3 is 0 Å². The van der Waals surface area contributed by atoms with E-state index in [1.54, 1.807) is 0 Å². The van der Waals surface area contributed by atoms with Crippen LogP contribution in [0.5, 0.6) is 0 Å². The van der Waals surface area contributed by atoms with Crippen molar-refractivity contribution in [2.45, 2.75) is 31.7 Å². The minimum atomic E-state index is -0.217. The van der Waals surface area contributed by atoms with Crippen LogP contribution in [0, 0.1) is 17.7 Å². The number of rotatable bonds is 4. The van der Waals surface area contributed by atoms with Gasteiger partial charge in [-0.15, -0.1) is 0 Å². The lowest BCUT2D eigenvalue weighted by Crippen LogP contribution is -2.47. The summed E-state index contributed by atoms with van der Waals surface area (Å²) >= 11 is 0. The minimum Gasteiger partial charge on any atom is -0.379 e. The number of carbonyl (C=O) groups is 1. The van der Waals surface area contributed by atoms with Gasteiger partial charge in [0.15, 0.2) is 0 Å². The molecular formula is C20H27FN2O2. The summed E-state index contributed by atoms with van der Waals surface area (Å²) in [4.78, 5) is 17.6. The fourth-order valence-corrected chi connectivity index (χ4v) is 4.54. The first-order valence-electron chi connectivity index (χ1n) is 9.53. The number of ether oxygens (including phenoxy) is 1. The fraction of sp³-hybridized carbons (Fsp3) is 0.650. The molecule has 4 nitrogen and oxygen atoms in total. The molecule has 5 heteroatoms. The van der Waals surface area contributed by atoms with Gasteiger partial charge in [-0.25, -0.2) is 4.39 Å². The Labute approximate surface area is 148 Å². The molecule has 0 N–H and O–H groups in total. The molecule has 2 heterocycles. The summed E-state index contributed by atoms with van der Waals surface area (Å²) in [5.41, 5.74) is 1.09. The predicted molar refractivity (Wildman–Crippen MR) is 93.8 cm³/mol. The maximum Gasteiger partial charge on any atom is 0.226 e. The lowest BCUT2D eigenvalue weighted by atomic mass is 9.99. The zero-order valence-electron chi connectivity index (χ0n) is 14.9. The Balaban J connectivity index is 1.39. The third-order valence-corrected chi connectivity index (χ3v) is 6.16. The molecule has 0 aromatic heterocycles. The van der Waals surface area contributed by atoms with Crippen LogP contribution in [0.2, 0.25) is 0 Å². The first-order valence-corrected chi connectivity index (χ1v) is 9.53. The molecule has 1 amide bonds. The van der Waals surface area contributed by atoms with E-state index in [0.29, 0.717) is 17.9 Å². The molecule has 4 atom stereocenters. The van der Waals surface area contributed by atoms with Gasteiger partial charge in [-0.2, -0.15) is 0 Å². The number of nitrogens with zero attached hydrogens (tertiary/aromatic N) is 2. The molecule has 0 spiro atoms. The van der Waals surface area contributed by atoms with Crippen molar-refractivity contribution in [1.82, 2.24) is 9.80 Å². The van der Waals surface area contributed by atoms with E-state index >= 15 is 0 Å². The van der Waals surface area contributed by atoms with Crippen molar-refractivity contribution in [2.24, 2.45) is 11.8 Å². The Morgan fingerprint density at radius 3 is 2.60 bits per heavy atom. The second-order valence-electron chi connectivity index (χ2n) is 7.63. The van der Waals surface area contributed by atoms with Crippen LogP contribution in [0.1, 0.15) is 31.2 Å². The van der Waals surface area contributed by atoms with E-state index in [1.807, 2.05) is 12.1 Å². The molecule has 25 heavy (non-hydrogen) atoms. The molecule has 1 aromatic rings. The van der Waals surface area contributed by atoms with E-state index in [4.69, 9.17) is 4.74 Å². The zero-order chi connectivity index (χ0) is 17.4. The Bertz CT molecular complexity index is 615. The molecule has 0 bridgehead atoms. The average Bonchev–Trinajstić information content (AvgIpc) is 3.33. The number of likely N-dealkylation sites (tertiary alicyclic amines) is 1. The lowest BCUT2D eigenvalue weighted by molar-refractivity contribution is -0.132. The smallest absolute Gasteiger partial charge is 0.226 e. The number of carbonyl (C=O) groups excluding carboxylic acids is 1. The molecule has 2 aliphatic heterocycles. The van der Waals surface area contributed by atoms with E-state index in [9.17, 15) is 9.18 Å². The third kappa shape index (κ3) is 3.44. The summed E-state index contributed by atoms with van der Waals surface area (Å²) in [6.07, 6.45) is 2.01. The molecule has 3 aliphatic rings. The molecule has 0 unspecified atom stereocenters. The summed E-state index contributed by atoms with van der Waals surface area (Å²) < 4.78 is 18.6. The predicted octanol–water partition coefficient (Wildman–Crippen LogP) is 2.50. The van der Waals surface area contributed by atoms with Crippen LogP contribution >= 0.6 is 0 Å². The van der Waals surface area contributed by atoms with Gasteiger partial charge in [0, 0.05) is 38.1 Å². The topological polar surface area (TPSA) is 32.8 Å². The van der Waals surface area contributed by atoms with Crippen molar-refractivity contribution in [3.63, 3.8) is 0 Å². The Kier molecular flexibility index (Phi) is 4.78. The van der Waals surface area contributed by atoms with Crippen LogP contribution in [0.4, 0.5) is 4.39 Å². The second-order valence-corrected chi connectivity index (χ2v) is 7.63. The normalized spacial score (nSPS) is 32.8. The summed E-state index contributed by atoms with van der Waals surface area (Å²) in [7, 11) is 0. The van der Waals surface area contributed by atoms with E-state index in [2.05, 4.69) is 16.7 Å². The molecule has 1 saturated carbocycles. The van der Waals surface area contributed by atoms with Gasteiger partial charge < -0.3 is 9.64 Å². The summed E-state index contributed by atoms with van der Waals surface area (Å²) in [6, 6.07) is 7.10.